The minimum Gasteiger partial charge on any atom is -0.488 e. The first-order chi connectivity index (χ1) is 13.2. The van der Waals surface area contributed by atoms with Gasteiger partial charge in [0.15, 0.2) is 0 Å². The highest BCUT2D eigenvalue weighted by Gasteiger charge is 2.26. The molecule has 0 aliphatic carbocycles. The molecule has 0 spiro atoms. The van der Waals surface area contributed by atoms with Crippen molar-refractivity contribution in [2.45, 2.75) is 19.3 Å². The maximum atomic E-state index is 10.9. The lowest BCUT2D eigenvalue weighted by atomic mass is 9.97. The summed E-state index contributed by atoms with van der Waals surface area (Å²) in [7, 11) is 0. The number of fused-ring (bicyclic) bond motifs is 2. The third-order valence-electron chi connectivity index (χ3n) is 4.33. The van der Waals surface area contributed by atoms with Crippen molar-refractivity contribution in [1.29, 1.82) is 0 Å². The molecule has 27 heavy (non-hydrogen) atoms. The van der Waals surface area contributed by atoms with E-state index in [0.29, 0.717) is 19.0 Å². The smallest absolute Gasteiger partial charge is 0.488 e. The van der Waals surface area contributed by atoms with Crippen LogP contribution in [0, 0.1) is 0 Å². The Morgan fingerprint density at radius 1 is 1.15 bits per heavy atom. The molecule has 2 heterocycles. The van der Waals surface area contributed by atoms with E-state index in [1.165, 1.54) is 0 Å². The molecule has 0 saturated heterocycles. The average Bonchev–Trinajstić information content (AvgIpc) is 2.83. The fraction of sp³-hybridized carbons (Fsp3) is 0.143. The molecule has 0 amide bonds. The lowest BCUT2D eigenvalue weighted by molar-refractivity contribution is 0.0659. The molecular formula is C21H17NO5. The summed E-state index contributed by atoms with van der Waals surface area (Å²) in [5.41, 5.74) is 3.67. The maximum Gasteiger partial charge on any atom is 0.511 e. The van der Waals surface area contributed by atoms with Crippen LogP contribution >= 0.6 is 0 Å². The summed E-state index contributed by atoms with van der Waals surface area (Å²) in [6, 6.07) is 16.6. The number of benzene rings is 2. The molecule has 1 atom stereocenters. The zero-order valence-corrected chi connectivity index (χ0v) is 14.4. The molecule has 2 aromatic carbocycles. The van der Waals surface area contributed by atoms with Crippen molar-refractivity contribution in [2.75, 3.05) is 0 Å². The van der Waals surface area contributed by atoms with Crippen molar-refractivity contribution < 1.29 is 24.1 Å². The number of hydrogen-bond acceptors (Lipinski definition) is 5. The summed E-state index contributed by atoms with van der Waals surface area (Å²) in [5.74, 6) is 0.860. The van der Waals surface area contributed by atoms with Gasteiger partial charge >= 0.3 is 6.16 Å². The van der Waals surface area contributed by atoms with Gasteiger partial charge in [0, 0.05) is 18.0 Å². The molecule has 1 aliphatic rings. The minimum absolute atomic E-state index is 0.221. The highest BCUT2D eigenvalue weighted by atomic mass is 16.7. The van der Waals surface area contributed by atoms with E-state index in [1.54, 1.807) is 30.6 Å². The van der Waals surface area contributed by atoms with Gasteiger partial charge in [0.05, 0.1) is 6.61 Å². The lowest BCUT2D eigenvalue weighted by Crippen LogP contribution is -2.09. The van der Waals surface area contributed by atoms with Crippen molar-refractivity contribution in [3.8, 4) is 11.5 Å². The van der Waals surface area contributed by atoms with Gasteiger partial charge in [-0.2, -0.15) is 0 Å². The number of carboxylic acid groups (broad SMARTS) is 1. The van der Waals surface area contributed by atoms with Crippen LogP contribution in [0.5, 0.6) is 11.5 Å². The van der Waals surface area contributed by atoms with Crippen molar-refractivity contribution in [3.63, 3.8) is 0 Å². The minimum atomic E-state index is -1.36. The normalized spacial score (nSPS) is 15.0. The number of rotatable bonds is 4. The van der Waals surface area contributed by atoms with E-state index >= 15 is 0 Å². The van der Waals surface area contributed by atoms with Gasteiger partial charge < -0.3 is 19.3 Å². The van der Waals surface area contributed by atoms with Crippen LogP contribution in [-0.4, -0.2) is 16.2 Å². The highest BCUT2D eigenvalue weighted by molar-refractivity contribution is 5.62. The molecule has 1 unspecified atom stereocenters. The van der Waals surface area contributed by atoms with Crippen molar-refractivity contribution in [1.82, 2.24) is 4.98 Å². The first-order valence-corrected chi connectivity index (χ1v) is 8.46. The summed E-state index contributed by atoms with van der Waals surface area (Å²) >= 11 is 0. The molecule has 4 rings (SSSR count). The van der Waals surface area contributed by atoms with E-state index in [4.69, 9.17) is 19.3 Å². The summed E-state index contributed by atoms with van der Waals surface area (Å²) in [4.78, 5) is 15.0. The molecule has 136 valence electrons. The summed E-state index contributed by atoms with van der Waals surface area (Å²) in [6.07, 6.45) is 1.68. The Bertz CT molecular complexity index is 958. The van der Waals surface area contributed by atoms with Gasteiger partial charge in [0.1, 0.15) is 24.2 Å². The first kappa shape index (κ1) is 17.1. The third-order valence-corrected chi connectivity index (χ3v) is 4.33. The Morgan fingerprint density at radius 3 is 2.85 bits per heavy atom. The summed E-state index contributed by atoms with van der Waals surface area (Å²) in [5, 5.41) is 8.91. The fourth-order valence-electron chi connectivity index (χ4n) is 3.11. The molecule has 1 N–H and O–H groups in total. The molecule has 6 heteroatoms. The Hall–Kier alpha value is -3.38. The monoisotopic (exact) mass is 363 g/mol. The maximum absolute atomic E-state index is 10.9. The fourth-order valence-corrected chi connectivity index (χ4v) is 3.11. The second-order valence-corrected chi connectivity index (χ2v) is 6.11. The van der Waals surface area contributed by atoms with Gasteiger partial charge in [-0.15, -0.1) is 0 Å². The van der Waals surface area contributed by atoms with Gasteiger partial charge in [-0.05, 0) is 41.0 Å². The number of hydrogen-bond donors (Lipinski definition) is 1. The van der Waals surface area contributed by atoms with E-state index in [1.807, 2.05) is 36.4 Å². The molecular weight excluding hydrogens is 346 g/mol. The van der Waals surface area contributed by atoms with Crippen LogP contribution in [0.3, 0.4) is 0 Å². The van der Waals surface area contributed by atoms with Gasteiger partial charge in [0.25, 0.3) is 0 Å². The van der Waals surface area contributed by atoms with E-state index in [2.05, 4.69) is 4.98 Å². The molecule has 0 radical (unpaired) electrons. The van der Waals surface area contributed by atoms with Gasteiger partial charge in [-0.3, -0.25) is 4.98 Å². The number of ether oxygens (including phenoxy) is 3. The van der Waals surface area contributed by atoms with Crippen molar-refractivity contribution in [2.24, 2.45) is 0 Å². The Labute approximate surface area is 156 Å². The Kier molecular flexibility index (Phi) is 4.72. The topological polar surface area (TPSA) is 77.9 Å². The molecule has 1 aromatic heterocycles. The predicted molar refractivity (Wildman–Crippen MR) is 96.7 cm³/mol. The second-order valence-electron chi connectivity index (χ2n) is 6.11. The highest BCUT2D eigenvalue weighted by Crippen LogP contribution is 2.40. The molecule has 0 fully saturated rings. The van der Waals surface area contributed by atoms with Crippen LogP contribution in [-0.2, 0) is 18.0 Å². The van der Waals surface area contributed by atoms with Gasteiger partial charge in [-0.1, -0.05) is 30.3 Å². The van der Waals surface area contributed by atoms with Crippen LogP contribution in [0.2, 0.25) is 0 Å². The molecule has 3 aromatic rings. The van der Waals surface area contributed by atoms with Crippen LogP contribution in [0.25, 0.3) is 0 Å². The van der Waals surface area contributed by atoms with E-state index < -0.39 is 12.3 Å². The van der Waals surface area contributed by atoms with Gasteiger partial charge in [-0.25, -0.2) is 4.79 Å². The number of nitrogens with zero attached hydrogens (tertiary/aromatic N) is 1. The summed E-state index contributed by atoms with van der Waals surface area (Å²) < 4.78 is 17.0. The largest absolute Gasteiger partial charge is 0.511 e. The first-order valence-electron chi connectivity index (χ1n) is 8.46. The van der Waals surface area contributed by atoms with E-state index in [0.717, 1.165) is 22.3 Å². The van der Waals surface area contributed by atoms with Crippen LogP contribution < -0.4 is 9.47 Å². The molecule has 6 nitrogen and oxygen atoms in total. The molecule has 1 aliphatic heterocycles. The standard InChI is InChI=1S/C21H17NO5/c23-21(24)27-16-7-8-19-18(10-16)20(26-12-14-4-3-9-22-11-14)17-6-2-1-5-15(17)13-25-19/h1-11,20H,12-13H2,(H,23,24). The van der Waals surface area contributed by atoms with Crippen molar-refractivity contribution in [3.05, 3.63) is 89.2 Å². The number of pyridine rings is 1. The molecule has 0 bridgehead atoms. The summed E-state index contributed by atoms with van der Waals surface area (Å²) in [6.45, 7) is 0.769. The predicted octanol–water partition coefficient (Wildman–Crippen LogP) is 4.34. The molecule has 0 saturated carbocycles. The number of carbonyl (C=O) groups is 1. The zero-order valence-electron chi connectivity index (χ0n) is 14.4. The Balaban J connectivity index is 1.73. The Morgan fingerprint density at radius 2 is 2.04 bits per heavy atom. The SMILES string of the molecule is O=C(O)Oc1ccc2c(c1)C(OCc1cccnc1)c1ccccc1CO2. The average molecular weight is 363 g/mol. The quantitative estimate of drug-likeness (QED) is 0.549. The second kappa shape index (κ2) is 7.47. The lowest BCUT2D eigenvalue weighted by Gasteiger charge is -2.20. The zero-order chi connectivity index (χ0) is 18.6. The van der Waals surface area contributed by atoms with Crippen LogP contribution in [0.4, 0.5) is 4.79 Å². The van der Waals surface area contributed by atoms with Crippen LogP contribution in [0.15, 0.2) is 67.0 Å². The van der Waals surface area contributed by atoms with E-state index in [-0.39, 0.29) is 5.75 Å². The van der Waals surface area contributed by atoms with Gasteiger partial charge in [0.2, 0.25) is 0 Å². The van der Waals surface area contributed by atoms with Crippen molar-refractivity contribution >= 4 is 6.16 Å². The number of aromatic nitrogens is 1. The van der Waals surface area contributed by atoms with E-state index in [9.17, 15) is 4.79 Å². The van der Waals surface area contributed by atoms with Crippen LogP contribution in [0.1, 0.15) is 28.4 Å². The third kappa shape index (κ3) is 3.75.